The highest BCUT2D eigenvalue weighted by Crippen LogP contribution is 2.30. The van der Waals surface area contributed by atoms with Gasteiger partial charge in [0.2, 0.25) is 5.91 Å². The summed E-state index contributed by atoms with van der Waals surface area (Å²) in [7, 11) is 1.78. The van der Waals surface area contributed by atoms with Crippen LogP contribution in [0.3, 0.4) is 0 Å². The van der Waals surface area contributed by atoms with Crippen molar-refractivity contribution in [2.45, 2.75) is 18.9 Å². The van der Waals surface area contributed by atoms with Gasteiger partial charge in [-0.3, -0.25) is 14.6 Å². The van der Waals surface area contributed by atoms with Crippen LogP contribution in [0.5, 0.6) is 0 Å². The quantitative estimate of drug-likeness (QED) is 0.578. The van der Waals surface area contributed by atoms with E-state index < -0.39 is 17.5 Å². The van der Waals surface area contributed by atoms with Crippen molar-refractivity contribution in [1.82, 2.24) is 14.8 Å². The largest absolute Gasteiger partial charge is 0.339 e. The minimum Gasteiger partial charge on any atom is -0.339 e. The molecule has 1 saturated heterocycles. The average molecular weight is 450 g/mol. The van der Waals surface area contributed by atoms with Gasteiger partial charge in [-0.15, -0.1) is 0 Å². The Labute approximate surface area is 191 Å². The number of likely N-dealkylation sites (tertiary alicyclic amines) is 1. The van der Waals surface area contributed by atoms with E-state index in [1.807, 2.05) is 48.5 Å². The molecular formula is C26H25F2N3O2. The van der Waals surface area contributed by atoms with E-state index in [0.29, 0.717) is 32.0 Å². The minimum absolute atomic E-state index is 0.0189. The molecule has 2 amide bonds. The highest BCUT2D eigenvalue weighted by Gasteiger charge is 2.33. The molecule has 0 aliphatic carbocycles. The highest BCUT2D eigenvalue weighted by molar-refractivity contribution is 5.94. The Bertz CT molecular complexity index is 1080. The SMILES string of the molecule is CN(C(=O)C1CCN(C(=O)c2ccc(F)cc2F)CC1)C(c1ccccc1)c1ccccn1. The fourth-order valence-electron chi connectivity index (χ4n) is 4.34. The van der Waals surface area contributed by atoms with Crippen LogP contribution < -0.4 is 0 Å². The molecule has 33 heavy (non-hydrogen) atoms. The number of aromatic nitrogens is 1. The van der Waals surface area contributed by atoms with Gasteiger partial charge in [-0.2, -0.15) is 0 Å². The zero-order chi connectivity index (χ0) is 23.4. The van der Waals surface area contributed by atoms with Gasteiger partial charge in [0.25, 0.3) is 5.91 Å². The maximum absolute atomic E-state index is 14.0. The number of carbonyl (C=O) groups excluding carboxylic acids is 2. The molecule has 1 unspecified atom stereocenters. The zero-order valence-electron chi connectivity index (χ0n) is 18.3. The van der Waals surface area contributed by atoms with Gasteiger partial charge in [-0.05, 0) is 42.7 Å². The first kappa shape index (κ1) is 22.6. The van der Waals surface area contributed by atoms with Crippen molar-refractivity contribution < 1.29 is 18.4 Å². The van der Waals surface area contributed by atoms with Crippen LogP contribution >= 0.6 is 0 Å². The zero-order valence-corrected chi connectivity index (χ0v) is 18.3. The number of benzene rings is 2. The Kier molecular flexibility index (Phi) is 6.77. The lowest BCUT2D eigenvalue weighted by atomic mass is 9.93. The van der Waals surface area contributed by atoms with Gasteiger partial charge in [-0.1, -0.05) is 36.4 Å². The minimum atomic E-state index is -0.876. The number of carbonyl (C=O) groups is 2. The number of piperidine rings is 1. The summed E-state index contributed by atoms with van der Waals surface area (Å²) in [6.07, 6.45) is 2.66. The second-order valence-corrected chi connectivity index (χ2v) is 8.21. The van der Waals surface area contributed by atoms with E-state index in [1.54, 1.807) is 18.1 Å². The molecule has 4 rings (SSSR count). The second-order valence-electron chi connectivity index (χ2n) is 8.21. The molecule has 2 heterocycles. The predicted molar refractivity (Wildman–Crippen MR) is 120 cm³/mol. The maximum Gasteiger partial charge on any atom is 0.256 e. The van der Waals surface area contributed by atoms with Gasteiger partial charge in [0.05, 0.1) is 17.3 Å². The number of rotatable bonds is 5. The molecule has 0 radical (unpaired) electrons. The summed E-state index contributed by atoms with van der Waals surface area (Å²) in [5, 5.41) is 0. The molecule has 0 bridgehead atoms. The summed E-state index contributed by atoms with van der Waals surface area (Å²) in [5.74, 6) is -2.36. The fraction of sp³-hybridized carbons (Fsp3) is 0.269. The monoisotopic (exact) mass is 449 g/mol. The van der Waals surface area contributed by atoms with Crippen LogP contribution in [0, 0.1) is 17.6 Å². The fourth-order valence-corrected chi connectivity index (χ4v) is 4.34. The van der Waals surface area contributed by atoms with Crippen LogP contribution in [0.25, 0.3) is 0 Å². The van der Waals surface area contributed by atoms with E-state index in [4.69, 9.17) is 0 Å². The van der Waals surface area contributed by atoms with Crippen LogP contribution in [-0.2, 0) is 4.79 Å². The first-order valence-corrected chi connectivity index (χ1v) is 10.9. The Hall–Kier alpha value is -3.61. The van der Waals surface area contributed by atoms with Crippen molar-refractivity contribution >= 4 is 11.8 Å². The molecule has 1 fully saturated rings. The molecule has 0 spiro atoms. The van der Waals surface area contributed by atoms with Crippen LogP contribution in [0.15, 0.2) is 72.9 Å². The van der Waals surface area contributed by atoms with Gasteiger partial charge < -0.3 is 9.80 Å². The molecule has 170 valence electrons. The van der Waals surface area contributed by atoms with Crippen molar-refractivity contribution in [3.63, 3.8) is 0 Å². The number of halogens is 2. The standard InChI is InChI=1S/C26H25F2N3O2/c1-30(24(18-7-3-2-4-8-18)23-9-5-6-14-29-23)25(32)19-12-15-31(16-13-19)26(33)21-11-10-20(27)17-22(21)28/h2-11,14,17,19,24H,12-13,15-16H2,1H3. The predicted octanol–water partition coefficient (Wildman–Crippen LogP) is 4.46. The Balaban J connectivity index is 1.46. The molecular weight excluding hydrogens is 424 g/mol. The maximum atomic E-state index is 14.0. The van der Waals surface area contributed by atoms with Crippen molar-refractivity contribution in [2.24, 2.45) is 5.92 Å². The molecule has 3 aromatic rings. The van der Waals surface area contributed by atoms with Crippen LogP contribution in [0.1, 0.15) is 40.5 Å². The summed E-state index contributed by atoms with van der Waals surface area (Å²) >= 11 is 0. The summed E-state index contributed by atoms with van der Waals surface area (Å²) in [6, 6.07) is 18.0. The first-order valence-electron chi connectivity index (χ1n) is 10.9. The topological polar surface area (TPSA) is 53.5 Å². The first-order chi connectivity index (χ1) is 16.0. The Morgan fingerprint density at radius 2 is 1.70 bits per heavy atom. The Morgan fingerprint density at radius 3 is 2.33 bits per heavy atom. The molecule has 1 aliphatic rings. The van der Waals surface area contributed by atoms with E-state index in [1.165, 1.54) is 4.90 Å². The lowest BCUT2D eigenvalue weighted by Crippen LogP contribution is -2.44. The summed E-state index contributed by atoms with van der Waals surface area (Å²) in [4.78, 5) is 33.8. The van der Waals surface area contributed by atoms with Gasteiger partial charge >= 0.3 is 0 Å². The van der Waals surface area contributed by atoms with Crippen LogP contribution in [-0.4, -0.2) is 46.7 Å². The third-order valence-corrected chi connectivity index (χ3v) is 6.11. The van der Waals surface area contributed by atoms with Gasteiger partial charge in [0, 0.05) is 38.3 Å². The molecule has 0 N–H and O–H groups in total. The number of pyridine rings is 1. The average Bonchev–Trinajstić information content (AvgIpc) is 2.85. The normalized spacial score (nSPS) is 15.2. The number of hydrogen-bond acceptors (Lipinski definition) is 3. The van der Waals surface area contributed by atoms with E-state index >= 15 is 0 Å². The number of nitrogens with zero attached hydrogens (tertiary/aromatic N) is 3. The lowest BCUT2D eigenvalue weighted by Gasteiger charge is -2.36. The van der Waals surface area contributed by atoms with Crippen molar-refractivity contribution in [2.75, 3.05) is 20.1 Å². The molecule has 0 saturated carbocycles. The second kappa shape index (κ2) is 9.90. The van der Waals surface area contributed by atoms with Crippen molar-refractivity contribution in [3.8, 4) is 0 Å². The summed E-state index contributed by atoms with van der Waals surface area (Å²) < 4.78 is 27.2. The van der Waals surface area contributed by atoms with Gasteiger partial charge in [0.1, 0.15) is 11.6 Å². The third kappa shape index (κ3) is 4.92. The van der Waals surface area contributed by atoms with E-state index in [9.17, 15) is 18.4 Å². The molecule has 7 heteroatoms. The van der Waals surface area contributed by atoms with Gasteiger partial charge in [-0.25, -0.2) is 8.78 Å². The lowest BCUT2D eigenvalue weighted by molar-refractivity contribution is -0.137. The molecule has 2 aromatic carbocycles. The molecule has 1 aromatic heterocycles. The van der Waals surface area contributed by atoms with E-state index in [2.05, 4.69) is 4.98 Å². The number of hydrogen-bond donors (Lipinski definition) is 0. The Morgan fingerprint density at radius 1 is 1.00 bits per heavy atom. The molecule has 5 nitrogen and oxygen atoms in total. The molecule has 1 atom stereocenters. The van der Waals surface area contributed by atoms with Crippen LogP contribution in [0.4, 0.5) is 8.78 Å². The van der Waals surface area contributed by atoms with E-state index in [0.717, 1.165) is 23.4 Å². The summed E-state index contributed by atoms with van der Waals surface area (Å²) in [5.41, 5.74) is 1.59. The third-order valence-electron chi connectivity index (χ3n) is 6.11. The van der Waals surface area contributed by atoms with Crippen LogP contribution in [0.2, 0.25) is 0 Å². The summed E-state index contributed by atoms with van der Waals surface area (Å²) in [6.45, 7) is 0.666. The highest BCUT2D eigenvalue weighted by atomic mass is 19.1. The van der Waals surface area contributed by atoms with Gasteiger partial charge in [0.15, 0.2) is 0 Å². The smallest absolute Gasteiger partial charge is 0.256 e. The van der Waals surface area contributed by atoms with Crippen molar-refractivity contribution in [1.29, 1.82) is 0 Å². The molecule has 1 aliphatic heterocycles. The van der Waals surface area contributed by atoms with Crippen molar-refractivity contribution in [3.05, 3.63) is 101 Å². The number of amides is 2. The van der Waals surface area contributed by atoms with E-state index in [-0.39, 0.29) is 23.4 Å².